The van der Waals surface area contributed by atoms with E-state index < -0.39 is 0 Å². The Bertz CT molecular complexity index is 448. The van der Waals surface area contributed by atoms with Gasteiger partial charge in [-0.25, -0.2) is 0 Å². The van der Waals surface area contributed by atoms with Crippen LogP contribution in [-0.4, -0.2) is 24.4 Å². The highest BCUT2D eigenvalue weighted by Crippen LogP contribution is 2.09. The van der Waals surface area contributed by atoms with Gasteiger partial charge in [0.1, 0.15) is 0 Å². The molecule has 20 heavy (non-hydrogen) atoms. The standard InChI is InChI=1S/C16H23N3O/c1-19(16(20)6-4-2-3-5-11-17)13-15-9-7-14(12-18)8-10-15/h7-10H,2-6,11,13,17H2,1H3. The van der Waals surface area contributed by atoms with Crippen molar-refractivity contribution in [1.82, 2.24) is 4.90 Å². The fraction of sp³-hybridized carbons (Fsp3) is 0.500. The zero-order chi connectivity index (χ0) is 14.8. The highest BCUT2D eigenvalue weighted by atomic mass is 16.2. The van der Waals surface area contributed by atoms with Crippen molar-refractivity contribution in [2.45, 2.75) is 38.6 Å². The third-order valence-electron chi connectivity index (χ3n) is 3.27. The molecule has 1 amide bonds. The van der Waals surface area contributed by atoms with E-state index in [1.54, 1.807) is 17.0 Å². The minimum atomic E-state index is 0.169. The molecule has 2 N–H and O–H groups in total. The number of hydrogen-bond donors (Lipinski definition) is 1. The second-order valence-corrected chi connectivity index (χ2v) is 5.01. The molecule has 1 aromatic carbocycles. The van der Waals surface area contributed by atoms with E-state index in [2.05, 4.69) is 6.07 Å². The molecule has 0 bridgehead atoms. The van der Waals surface area contributed by atoms with Gasteiger partial charge in [-0.2, -0.15) is 5.26 Å². The molecule has 0 aromatic heterocycles. The fourth-order valence-electron chi connectivity index (χ4n) is 2.01. The molecule has 0 aliphatic heterocycles. The molecule has 108 valence electrons. The number of carbonyl (C=O) groups is 1. The molecule has 1 rings (SSSR count). The number of rotatable bonds is 8. The van der Waals surface area contributed by atoms with E-state index in [9.17, 15) is 4.79 Å². The van der Waals surface area contributed by atoms with E-state index in [1.165, 1.54) is 0 Å². The Kier molecular flexibility index (Phi) is 7.38. The lowest BCUT2D eigenvalue weighted by Crippen LogP contribution is -2.25. The lowest BCUT2D eigenvalue weighted by atomic mass is 10.1. The van der Waals surface area contributed by atoms with Crippen LogP contribution in [0.1, 0.15) is 43.2 Å². The molecule has 0 unspecified atom stereocenters. The van der Waals surface area contributed by atoms with Crippen LogP contribution in [0.15, 0.2) is 24.3 Å². The van der Waals surface area contributed by atoms with Crippen LogP contribution in [0.5, 0.6) is 0 Å². The Morgan fingerprint density at radius 2 is 1.85 bits per heavy atom. The second-order valence-electron chi connectivity index (χ2n) is 5.01. The molecule has 0 fully saturated rings. The van der Waals surface area contributed by atoms with Crippen LogP contribution < -0.4 is 5.73 Å². The van der Waals surface area contributed by atoms with Crippen molar-refractivity contribution in [3.63, 3.8) is 0 Å². The van der Waals surface area contributed by atoms with Gasteiger partial charge in [0.15, 0.2) is 0 Å². The van der Waals surface area contributed by atoms with E-state index in [-0.39, 0.29) is 5.91 Å². The van der Waals surface area contributed by atoms with Crippen LogP contribution in [0.4, 0.5) is 0 Å². The number of unbranched alkanes of at least 4 members (excludes halogenated alkanes) is 3. The SMILES string of the molecule is CN(Cc1ccc(C#N)cc1)C(=O)CCCCCCN. The maximum Gasteiger partial charge on any atom is 0.222 e. The van der Waals surface area contributed by atoms with Crippen molar-refractivity contribution in [1.29, 1.82) is 5.26 Å². The van der Waals surface area contributed by atoms with E-state index in [0.717, 1.165) is 37.8 Å². The van der Waals surface area contributed by atoms with Crippen molar-refractivity contribution in [3.05, 3.63) is 35.4 Å². The topological polar surface area (TPSA) is 70.1 Å². The van der Waals surface area contributed by atoms with Crippen molar-refractivity contribution < 1.29 is 4.79 Å². The smallest absolute Gasteiger partial charge is 0.222 e. The average molecular weight is 273 g/mol. The molecule has 4 nitrogen and oxygen atoms in total. The van der Waals surface area contributed by atoms with Gasteiger partial charge < -0.3 is 10.6 Å². The van der Waals surface area contributed by atoms with Gasteiger partial charge >= 0.3 is 0 Å². The van der Waals surface area contributed by atoms with Gasteiger partial charge in [0.2, 0.25) is 5.91 Å². The Balaban J connectivity index is 2.31. The first-order chi connectivity index (χ1) is 9.67. The van der Waals surface area contributed by atoms with Crippen LogP contribution in [0, 0.1) is 11.3 Å². The molecule has 0 aliphatic rings. The zero-order valence-electron chi connectivity index (χ0n) is 12.1. The average Bonchev–Trinajstić information content (AvgIpc) is 2.47. The first-order valence-electron chi connectivity index (χ1n) is 7.10. The summed E-state index contributed by atoms with van der Waals surface area (Å²) < 4.78 is 0. The van der Waals surface area contributed by atoms with Gasteiger partial charge in [-0.1, -0.05) is 25.0 Å². The highest BCUT2D eigenvalue weighted by Gasteiger charge is 2.08. The van der Waals surface area contributed by atoms with Crippen molar-refractivity contribution in [2.24, 2.45) is 5.73 Å². The molecule has 0 saturated carbocycles. The maximum absolute atomic E-state index is 12.0. The predicted octanol–water partition coefficient (Wildman–Crippen LogP) is 2.43. The van der Waals surface area contributed by atoms with E-state index in [1.807, 2.05) is 19.2 Å². The molecule has 1 aromatic rings. The van der Waals surface area contributed by atoms with E-state index >= 15 is 0 Å². The number of benzene rings is 1. The van der Waals surface area contributed by atoms with Gasteiger partial charge in [-0.15, -0.1) is 0 Å². The lowest BCUT2D eigenvalue weighted by molar-refractivity contribution is -0.130. The van der Waals surface area contributed by atoms with Gasteiger partial charge in [0.05, 0.1) is 11.6 Å². The molecule has 0 saturated heterocycles. The second kappa shape index (κ2) is 9.11. The van der Waals surface area contributed by atoms with Crippen molar-refractivity contribution >= 4 is 5.91 Å². The lowest BCUT2D eigenvalue weighted by Gasteiger charge is -2.17. The third-order valence-corrected chi connectivity index (χ3v) is 3.27. The van der Waals surface area contributed by atoms with Gasteiger partial charge in [0, 0.05) is 20.0 Å². The Labute approximate surface area is 121 Å². The van der Waals surface area contributed by atoms with Crippen molar-refractivity contribution in [2.75, 3.05) is 13.6 Å². The zero-order valence-corrected chi connectivity index (χ0v) is 12.1. The van der Waals surface area contributed by atoms with E-state index in [4.69, 9.17) is 11.0 Å². The quantitative estimate of drug-likeness (QED) is 0.739. The molecule has 0 spiro atoms. The highest BCUT2D eigenvalue weighted by molar-refractivity contribution is 5.75. The maximum atomic E-state index is 12.0. The molecule has 0 atom stereocenters. The Morgan fingerprint density at radius 3 is 2.45 bits per heavy atom. The van der Waals surface area contributed by atoms with Crippen LogP contribution in [0.25, 0.3) is 0 Å². The number of nitrogens with two attached hydrogens (primary N) is 1. The van der Waals surface area contributed by atoms with Crippen LogP contribution in [-0.2, 0) is 11.3 Å². The van der Waals surface area contributed by atoms with E-state index in [0.29, 0.717) is 18.5 Å². The van der Waals surface area contributed by atoms with Crippen LogP contribution in [0.3, 0.4) is 0 Å². The molecule has 0 aliphatic carbocycles. The summed E-state index contributed by atoms with van der Waals surface area (Å²) in [4.78, 5) is 13.7. The van der Waals surface area contributed by atoms with Gasteiger partial charge in [-0.05, 0) is 37.1 Å². The van der Waals surface area contributed by atoms with Gasteiger partial charge in [0.25, 0.3) is 0 Å². The molecular formula is C16H23N3O. The summed E-state index contributed by atoms with van der Waals surface area (Å²) in [6.07, 6.45) is 4.72. The Morgan fingerprint density at radius 1 is 1.20 bits per heavy atom. The summed E-state index contributed by atoms with van der Waals surface area (Å²) >= 11 is 0. The molecule has 0 heterocycles. The minimum absolute atomic E-state index is 0.169. The summed E-state index contributed by atoms with van der Waals surface area (Å²) in [7, 11) is 1.82. The summed E-state index contributed by atoms with van der Waals surface area (Å²) in [6.45, 7) is 1.32. The first kappa shape index (κ1) is 16.2. The number of carbonyl (C=O) groups excluding carboxylic acids is 1. The normalized spacial score (nSPS) is 10.1. The van der Waals surface area contributed by atoms with Crippen molar-refractivity contribution in [3.8, 4) is 6.07 Å². The number of amides is 1. The minimum Gasteiger partial charge on any atom is -0.341 e. The summed E-state index contributed by atoms with van der Waals surface area (Å²) in [6, 6.07) is 9.43. The number of nitrogens with zero attached hydrogens (tertiary/aromatic N) is 2. The monoisotopic (exact) mass is 273 g/mol. The predicted molar refractivity (Wildman–Crippen MR) is 79.8 cm³/mol. The van der Waals surface area contributed by atoms with Crippen LogP contribution in [0.2, 0.25) is 0 Å². The molecule has 0 radical (unpaired) electrons. The molecule has 4 heteroatoms. The third kappa shape index (κ3) is 5.85. The van der Waals surface area contributed by atoms with Gasteiger partial charge in [-0.3, -0.25) is 4.79 Å². The summed E-state index contributed by atoms with van der Waals surface area (Å²) in [5.41, 5.74) is 7.12. The fourth-order valence-corrected chi connectivity index (χ4v) is 2.01. The molecular weight excluding hydrogens is 250 g/mol. The Hall–Kier alpha value is -1.86. The first-order valence-corrected chi connectivity index (χ1v) is 7.10. The summed E-state index contributed by atoms with van der Waals surface area (Å²) in [5.74, 6) is 0.169. The van der Waals surface area contributed by atoms with Crippen LogP contribution >= 0.6 is 0 Å². The number of nitriles is 1. The summed E-state index contributed by atoms with van der Waals surface area (Å²) in [5, 5.41) is 8.73. The number of hydrogen-bond acceptors (Lipinski definition) is 3. The largest absolute Gasteiger partial charge is 0.341 e.